The van der Waals surface area contributed by atoms with E-state index in [0.29, 0.717) is 0 Å². The van der Waals surface area contributed by atoms with Gasteiger partial charge in [-0.15, -0.1) is 0 Å². The van der Waals surface area contributed by atoms with Gasteiger partial charge in [-0.2, -0.15) is 13.2 Å². The summed E-state index contributed by atoms with van der Waals surface area (Å²) in [6.45, 7) is 0. The Balaban J connectivity index is 2.57. The van der Waals surface area contributed by atoms with Crippen LogP contribution in [0.2, 0.25) is 10.0 Å². The highest BCUT2D eigenvalue weighted by molar-refractivity contribution is 6.34. The van der Waals surface area contributed by atoms with Gasteiger partial charge in [0.05, 0.1) is 27.3 Å². The topological polar surface area (TPSA) is 50.9 Å². The highest BCUT2D eigenvalue weighted by atomic mass is 35.5. The Kier molecular flexibility index (Phi) is 4.73. The number of benzene rings is 1. The van der Waals surface area contributed by atoms with Gasteiger partial charge >= 0.3 is 6.18 Å². The fourth-order valence-corrected chi connectivity index (χ4v) is 2.45. The van der Waals surface area contributed by atoms with Crippen molar-refractivity contribution in [3.8, 4) is 0 Å². The second kappa shape index (κ2) is 6.19. The van der Waals surface area contributed by atoms with Crippen molar-refractivity contribution in [2.24, 2.45) is 5.84 Å². The zero-order chi connectivity index (χ0) is 15.6. The second-order valence-electron chi connectivity index (χ2n) is 4.21. The van der Waals surface area contributed by atoms with Crippen LogP contribution in [0.5, 0.6) is 0 Å². The fourth-order valence-electron chi connectivity index (χ4n) is 1.96. The van der Waals surface area contributed by atoms with E-state index in [4.69, 9.17) is 29.0 Å². The van der Waals surface area contributed by atoms with Crippen molar-refractivity contribution in [3.05, 3.63) is 63.4 Å². The lowest BCUT2D eigenvalue weighted by molar-refractivity contribution is -0.138. The Hall–Kier alpha value is -1.34. The minimum Gasteiger partial charge on any atom is -0.271 e. The largest absolute Gasteiger partial charge is 0.416 e. The van der Waals surface area contributed by atoms with E-state index in [2.05, 4.69) is 10.4 Å². The van der Waals surface area contributed by atoms with E-state index >= 15 is 0 Å². The molecular weight excluding hydrogens is 326 g/mol. The molecule has 0 aliphatic carbocycles. The maximum atomic E-state index is 13.1. The molecule has 112 valence electrons. The summed E-state index contributed by atoms with van der Waals surface area (Å²) in [5, 5.41) is 0.408. The van der Waals surface area contributed by atoms with Gasteiger partial charge in [0.2, 0.25) is 0 Å². The van der Waals surface area contributed by atoms with E-state index in [9.17, 15) is 13.2 Å². The van der Waals surface area contributed by atoms with Gasteiger partial charge in [-0.05, 0) is 17.7 Å². The van der Waals surface area contributed by atoms with Crippen molar-refractivity contribution in [1.29, 1.82) is 0 Å². The molecule has 0 fully saturated rings. The molecule has 0 bridgehead atoms. The number of pyridine rings is 1. The minimum absolute atomic E-state index is 0.0655. The molecule has 1 atom stereocenters. The first-order valence-electron chi connectivity index (χ1n) is 5.77. The number of aromatic nitrogens is 1. The summed E-state index contributed by atoms with van der Waals surface area (Å²) < 4.78 is 39.2. The van der Waals surface area contributed by atoms with Gasteiger partial charge < -0.3 is 0 Å². The Morgan fingerprint density at radius 3 is 2.43 bits per heavy atom. The van der Waals surface area contributed by atoms with Crippen LogP contribution in [0.25, 0.3) is 0 Å². The average Bonchev–Trinajstić information content (AvgIpc) is 2.41. The highest BCUT2D eigenvalue weighted by Crippen LogP contribution is 2.37. The Morgan fingerprint density at radius 1 is 1.19 bits per heavy atom. The average molecular weight is 336 g/mol. The molecule has 0 aliphatic rings. The van der Waals surface area contributed by atoms with E-state index in [0.717, 1.165) is 6.07 Å². The van der Waals surface area contributed by atoms with Gasteiger partial charge in [0, 0.05) is 6.20 Å². The number of hydrazine groups is 1. The van der Waals surface area contributed by atoms with Crippen LogP contribution in [0, 0.1) is 0 Å². The van der Waals surface area contributed by atoms with Gasteiger partial charge in [-0.1, -0.05) is 41.4 Å². The summed E-state index contributed by atoms with van der Waals surface area (Å²) in [4.78, 5) is 3.97. The van der Waals surface area contributed by atoms with E-state index in [1.165, 1.54) is 30.5 Å². The summed E-state index contributed by atoms with van der Waals surface area (Å²) in [5.41, 5.74) is 1.61. The monoisotopic (exact) mass is 335 g/mol. The minimum atomic E-state index is -4.51. The standard InChI is InChI=1S/C13H10Cl2F3N3/c14-7-5-10(15)12(20-6-7)11(21-19)8-3-1-2-4-9(8)13(16,17)18/h1-6,11,21H,19H2. The molecule has 8 heteroatoms. The number of alkyl halides is 3. The molecule has 1 aromatic carbocycles. The fraction of sp³-hybridized carbons (Fsp3) is 0.154. The van der Waals surface area contributed by atoms with Crippen molar-refractivity contribution < 1.29 is 13.2 Å². The molecule has 21 heavy (non-hydrogen) atoms. The molecule has 0 spiro atoms. The van der Waals surface area contributed by atoms with E-state index < -0.39 is 17.8 Å². The summed E-state index contributed by atoms with van der Waals surface area (Å²) in [5.74, 6) is 5.41. The zero-order valence-electron chi connectivity index (χ0n) is 10.5. The number of nitrogens with two attached hydrogens (primary N) is 1. The Bertz CT molecular complexity index is 647. The lowest BCUT2D eigenvalue weighted by Crippen LogP contribution is -2.31. The summed E-state index contributed by atoms with van der Waals surface area (Å²) >= 11 is 11.7. The molecule has 0 radical (unpaired) electrons. The van der Waals surface area contributed by atoms with Crippen molar-refractivity contribution in [2.45, 2.75) is 12.2 Å². The summed E-state index contributed by atoms with van der Waals surface area (Å²) in [6.07, 6.45) is -3.21. The normalized spacial score (nSPS) is 13.2. The molecule has 1 aromatic heterocycles. The van der Waals surface area contributed by atoms with Gasteiger partial charge in [0.15, 0.2) is 0 Å². The molecule has 0 amide bonds. The highest BCUT2D eigenvalue weighted by Gasteiger charge is 2.35. The molecule has 1 unspecified atom stereocenters. The first-order chi connectivity index (χ1) is 9.84. The number of halogens is 5. The van der Waals surface area contributed by atoms with Crippen molar-refractivity contribution in [1.82, 2.24) is 10.4 Å². The molecule has 0 aliphatic heterocycles. The van der Waals surface area contributed by atoms with Crippen LogP contribution in [0.4, 0.5) is 13.2 Å². The quantitative estimate of drug-likeness (QED) is 0.659. The maximum absolute atomic E-state index is 13.1. The Labute approximate surface area is 128 Å². The molecule has 0 saturated carbocycles. The van der Waals surface area contributed by atoms with Gasteiger partial charge in [0.1, 0.15) is 0 Å². The van der Waals surface area contributed by atoms with Crippen LogP contribution in [0.1, 0.15) is 22.9 Å². The predicted molar refractivity (Wildman–Crippen MR) is 74.9 cm³/mol. The smallest absolute Gasteiger partial charge is 0.271 e. The van der Waals surface area contributed by atoms with Gasteiger partial charge in [0.25, 0.3) is 0 Å². The third-order valence-corrected chi connectivity index (χ3v) is 3.36. The lowest BCUT2D eigenvalue weighted by Gasteiger charge is -2.21. The van der Waals surface area contributed by atoms with Gasteiger partial charge in [-0.25, -0.2) is 5.43 Å². The molecule has 3 nitrogen and oxygen atoms in total. The lowest BCUT2D eigenvalue weighted by atomic mass is 9.97. The van der Waals surface area contributed by atoms with E-state index in [-0.39, 0.29) is 21.3 Å². The van der Waals surface area contributed by atoms with E-state index in [1.54, 1.807) is 0 Å². The van der Waals surface area contributed by atoms with Crippen LogP contribution in [0.3, 0.4) is 0 Å². The molecule has 3 N–H and O–H groups in total. The maximum Gasteiger partial charge on any atom is 0.416 e. The number of nitrogens with zero attached hydrogens (tertiary/aromatic N) is 1. The molecule has 2 aromatic rings. The number of rotatable bonds is 3. The predicted octanol–water partition coefficient (Wildman–Crippen LogP) is 3.96. The van der Waals surface area contributed by atoms with Crippen molar-refractivity contribution in [2.75, 3.05) is 0 Å². The third kappa shape index (κ3) is 3.47. The molecule has 2 rings (SSSR count). The van der Waals surface area contributed by atoms with Crippen LogP contribution >= 0.6 is 23.2 Å². The first-order valence-corrected chi connectivity index (χ1v) is 6.53. The zero-order valence-corrected chi connectivity index (χ0v) is 12.0. The molecule has 1 heterocycles. The third-order valence-electron chi connectivity index (χ3n) is 2.85. The molecular formula is C13H10Cl2F3N3. The first kappa shape index (κ1) is 16.0. The van der Waals surface area contributed by atoms with Crippen LogP contribution < -0.4 is 11.3 Å². The molecule has 0 saturated heterocycles. The van der Waals surface area contributed by atoms with Crippen LogP contribution in [-0.4, -0.2) is 4.98 Å². The van der Waals surface area contributed by atoms with Crippen molar-refractivity contribution in [3.63, 3.8) is 0 Å². The Morgan fingerprint density at radius 2 is 1.86 bits per heavy atom. The second-order valence-corrected chi connectivity index (χ2v) is 5.05. The number of hydrogen-bond donors (Lipinski definition) is 2. The van der Waals surface area contributed by atoms with E-state index in [1.807, 2.05) is 0 Å². The van der Waals surface area contributed by atoms with Crippen LogP contribution in [-0.2, 0) is 6.18 Å². The number of nitrogens with one attached hydrogen (secondary N) is 1. The summed E-state index contributed by atoms with van der Waals surface area (Å²) in [7, 11) is 0. The van der Waals surface area contributed by atoms with Crippen LogP contribution in [0.15, 0.2) is 36.5 Å². The van der Waals surface area contributed by atoms with Crippen molar-refractivity contribution >= 4 is 23.2 Å². The summed E-state index contributed by atoms with van der Waals surface area (Å²) in [6, 6.07) is 5.47. The SMILES string of the molecule is NNC(c1ccccc1C(F)(F)F)c1ncc(Cl)cc1Cl. The number of hydrogen-bond acceptors (Lipinski definition) is 3. The van der Waals surface area contributed by atoms with Gasteiger partial charge in [-0.3, -0.25) is 10.8 Å².